The highest BCUT2D eigenvalue weighted by Crippen LogP contribution is 2.40. The zero-order chi connectivity index (χ0) is 14.4. The molecule has 0 fully saturated rings. The molecule has 0 saturated carbocycles. The van der Waals surface area contributed by atoms with E-state index < -0.39 is 31.1 Å². The van der Waals surface area contributed by atoms with E-state index >= 15 is 0 Å². The molecule has 0 heterocycles. The van der Waals surface area contributed by atoms with Crippen molar-refractivity contribution in [3.8, 4) is 0 Å². The van der Waals surface area contributed by atoms with Gasteiger partial charge in [0, 0.05) is 12.2 Å². The fraction of sp³-hybridized carbons (Fsp3) is 0.900. The molecule has 0 aromatic rings. The lowest BCUT2D eigenvalue weighted by Gasteiger charge is -2.26. The summed E-state index contributed by atoms with van der Waals surface area (Å²) in [6.07, 6.45) is -3.87. The van der Waals surface area contributed by atoms with Gasteiger partial charge in [0.2, 0.25) is 0 Å². The molecule has 1 atom stereocenters. The second-order valence-electron chi connectivity index (χ2n) is 3.64. The molecule has 108 valence electrons. The van der Waals surface area contributed by atoms with Crippen molar-refractivity contribution in [1.29, 1.82) is 0 Å². The van der Waals surface area contributed by atoms with Crippen LogP contribution in [0.5, 0.6) is 0 Å². The number of hydrogen-bond donors (Lipinski definition) is 0. The first-order valence-electron chi connectivity index (χ1n) is 5.30. The summed E-state index contributed by atoms with van der Waals surface area (Å²) in [5, 5.41) is -0.189. The fourth-order valence-corrected chi connectivity index (χ4v) is 1.79. The molecule has 0 radical (unpaired) electrons. The van der Waals surface area contributed by atoms with Crippen LogP contribution in [0.25, 0.3) is 0 Å². The highest BCUT2D eigenvalue weighted by Gasteiger charge is 2.61. The number of thioether (sulfide) groups is 1. The van der Waals surface area contributed by atoms with E-state index in [0.717, 1.165) is 11.8 Å². The van der Waals surface area contributed by atoms with Crippen molar-refractivity contribution in [2.75, 3.05) is 12.4 Å². The van der Waals surface area contributed by atoms with Gasteiger partial charge in [-0.05, 0) is 12.8 Å². The third-order valence-electron chi connectivity index (χ3n) is 2.20. The Morgan fingerprint density at radius 3 is 2.28 bits per heavy atom. The van der Waals surface area contributed by atoms with E-state index in [1.165, 1.54) is 0 Å². The molecular formula is C10H14F6OS. The van der Waals surface area contributed by atoms with Crippen molar-refractivity contribution in [3.63, 3.8) is 0 Å². The molecule has 1 unspecified atom stereocenters. The summed E-state index contributed by atoms with van der Waals surface area (Å²) in [4.78, 5) is 10.8. The van der Waals surface area contributed by atoms with Gasteiger partial charge < -0.3 is 0 Å². The van der Waals surface area contributed by atoms with Gasteiger partial charge in [-0.25, -0.2) is 8.78 Å². The smallest absolute Gasteiger partial charge is 0.287 e. The zero-order valence-electron chi connectivity index (χ0n) is 9.70. The Labute approximate surface area is 105 Å². The Morgan fingerprint density at radius 2 is 1.83 bits per heavy atom. The molecular weight excluding hydrogens is 282 g/mol. The molecule has 0 aliphatic heterocycles. The van der Waals surface area contributed by atoms with E-state index in [9.17, 15) is 31.1 Å². The molecule has 0 N–H and O–H groups in total. The molecule has 0 aliphatic rings. The molecule has 0 saturated heterocycles. The number of alkyl halides is 6. The third-order valence-corrected chi connectivity index (χ3v) is 3.31. The molecule has 0 spiro atoms. The fourth-order valence-electron chi connectivity index (χ4n) is 1.05. The maximum atomic E-state index is 13.0. The minimum Gasteiger partial charge on any atom is -0.287 e. The first-order chi connectivity index (χ1) is 8.19. The van der Waals surface area contributed by atoms with E-state index in [0.29, 0.717) is 0 Å². The number of hydrogen-bond acceptors (Lipinski definition) is 2. The monoisotopic (exact) mass is 296 g/mol. The summed E-state index contributed by atoms with van der Waals surface area (Å²) in [5.41, 5.74) is 0. The van der Waals surface area contributed by atoms with Gasteiger partial charge in [-0.2, -0.15) is 17.6 Å². The van der Waals surface area contributed by atoms with Crippen LogP contribution in [0.15, 0.2) is 0 Å². The van der Waals surface area contributed by atoms with Crippen molar-refractivity contribution in [2.24, 2.45) is 0 Å². The summed E-state index contributed by atoms with van der Waals surface area (Å²) < 4.78 is 75.2. The first-order valence-corrected chi connectivity index (χ1v) is 6.29. The highest BCUT2D eigenvalue weighted by atomic mass is 32.2. The molecule has 0 amide bonds. The van der Waals surface area contributed by atoms with Crippen LogP contribution < -0.4 is 0 Å². The lowest BCUT2D eigenvalue weighted by atomic mass is 10.0. The molecule has 0 aromatic carbocycles. The van der Waals surface area contributed by atoms with Crippen LogP contribution in [0.1, 0.15) is 26.2 Å². The van der Waals surface area contributed by atoms with Crippen LogP contribution in [0.3, 0.4) is 0 Å². The average Bonchev–Trinajstić information content (AvgIpc) is 2.33. The Kier molecular flexibility index (Phi) is 7.09. The molecule has 0 aliphatic carbocycles. The predicted molar refractivity (Wildman–Crippen MR) is 57.8 cm³/mol. The van der Waals surface area contributed by atoms with Crippen molar-refractivity contribution in [1.82, 2.24) is 0 Å². The Hall–Kier alpha value is -0.400. The van der Waals surface area contributed by atoms with Crippen LogP contribution in [0.2, 0.25) is 0 Å². The first kappa shape index (κ1) is 17.6. The van der Waals surface area contributed by atoms with E-state index in [2.05, 4.69) is 0 Å². The summed E-state index contributed by atoms with van der Waals surface area (Å²) >= 11 is 0.830. The zero-order valence-corrected chi connectivity index (χ0v) is 10.5. The molecule has 0 aromatic heterocycles. The van der Waals surface area contributed by atoms with Gasteiger partial charge in [0.15, 0.2) is 18.0 Å². The molecule has 0 rings (SSSR count). The van der Waals surface area contributed by atoms with Gasteiger partial charge in [-0.15, -0.1) is 0 Å². The third kappa shape index (κ3) is 4.70. The van der Waals surface area contributed by atoms with Crippen LogP contribution in [-0.4, -0.2) is 35.6 Å². The Bertz CT molecular complexity index is 271. The van der Waals surface area contributed by atoms with Gasteiger partial charge in [0.05, 0.1) is 0 Å². The second-order valence-corrected chi connectivity index (χ2v) is 4.80. The lowest BCUT2D eigenvalue weighted by molar-refractivity contribution is -0.244. The minimum absolute atomic E-state index is 0.0738. The minimum atomic E-state index is -5.03. The summed E-state index contributed by atoms with van der Waals surface area (Å²) in [6, 6.07) is 0. The largest absolute Gasteiger partial charge is 0.343 e. The average molecular weight is 296 g/mol. The maximum Gasteiger partial charge on any atom is 0.343 e. The van der Waals surface area contributed by atoms with Gasteiger partial charge in [0.25, 0.3) is 0 Å². The standard InChI is InChI=1S/C10H14F6OS/c1-2-8(17)18-5-3-4-7(12)10(15,16)9(13,14)6-11/h7H,2-6H2,1H3. The Balaban J connectivity index is 4.16. The molecule has 8 heteroatoms. The summed E-state index contributed by atoms with van der Waals surface area (Å²) in [7, 11) is 0. The SMILES string of the molecule is CCC(=O)SCCCC(F)C(F)(F)C(F)(F)CF. The van der Waals surface area contributed by atoms with E-state index in [1.54, 1.807) is 6.92 Å². The van der Waals surface area contributed by atoms with Crippen molar-refractivity contribution >= 4 is 16.9 Å². The van der Waals surface area contributed by atoms with Gasteiger partial charge >= 0.3 is 11.8 Å². The number of halogens is 6. The summed E-state index contributed by atoms with van der Waals surface area (Å²) in [6.45, 7) is -1.01. The Morgan fingerprint density at radius 1 is 1.28 bits per heavy atom. The molecule has 0 bridgehead atoms. The number of rotatable bonds is 8. The van der Waals surface area contributed by atoms with E-state index in [1.807, 2.05) is 0 Å². The van der Waals surface area contributed by atoms with Crippen molar-refractivity contribution in [3.05, 3.63) is 0 Å². The topological polar surface area (TPSA) is 17.1 Å². The van der Waals surface area contributed by atoms with Crippen LogP contribution in [-0.2, 0) is 4.79 Å². The van der Waals surface area contributed by atoms with Gasteiger partial charge in [-0.3, -0.25) is 4.79 Å². The van der Waals surface area contributed by atoms with E-state index in [-0.39, 0.29) is 23.7 Å². The predicted octanol–water partition coefficient (Wildman–Crippen LogP) is 4.01. The van der Waals surface area contributed by atoms with Crippen molar-refractivity contribution < 1.29 is 31.1 Å². The number of carbonyl (C=O) groups excluding carboxylic acids is 1. The van der Waals surface area contributed by atoms with Gasteiger partial charge in [0.1, 0.15) is 0 Å². The lowest BCUT2D eigenvalue weighted by Crippen LogP contribution is -2.49. The maximum absolute atomic E-state index is 13.0. The normalized spacial score (nSPS) is 14.6. The number of carbonyl (C=O) groups is 1. The van der Waals surface area contributed by atoms with Crippen LogP contribution in [0.4, 0.5) is 26.3 Å². The van der Waals surface area contributed by atoms with Crippen LogP contribution in [0, 0.1) is 0 Å². The van der Waals surface area contributed by atoms with Gasteiger partial charge in [-0.1, -0.05) is 18.7 Å². The second kappa shape index (κ2) is 7.25. The van der Waals surface area contributed by atoms with Crippen molar-refractivity contribution in [2.45, 2.75) is 44.2 Å². The quantitative estimate of drug-likeness (QED) is 0.497. The summed E-state index contributed by atoms with van der Waals surface area (Å²) in [5.74, 6) is -9.95. The van der Waals surface area contributed by atoms with Crippen LogP contribution >= 0.6 is 11.8 Å². The highest BCUT2D eigenvalue weighted by molar-refractivity contribution is 8.13. The van der Waals surface area contributed by atoms with E-state index in [4.69, 9.17) is 0 Å². The molecule has 1 nitrogen and oxygen atoms in total. The molecule has 18 heavy (non-hydrogen) atoms.